The second-order valence-electron chi connectivity index (χ2n) is 6.15. The van der Waals surface area contributed by atoms with Gasteiger partial charge in [0.1, 0.15) is 11.3 Å². The van der Waals surface area contributed by atoms with Gasteiger partial charge in [-0.15, -0.1) is 0 Å². The predicted molar refractivity (Wildman–Crippen MR) is 88.7 cm³/mol. The Morgan fingerprint density at radius 1 is 1.38 bits per heavy atom. The van der Waals surface area contributed by atoms with Gasteiger partial charge in [0.2, 0.25) is 0 Å². The molecule has 1 unspecified atom stereocenters. The number of benzene rings is 1. The molecule has 6 heteroatoms. The fourth-order valence-electron chi connectivity index (χ4n) is 3.19. The Morgan fingerprint density at radius 2 is 2.33 bits per heavy atom. The maximum atomic E-state index is 12.5. The molecule has 1 aliphatic rings. The van der Waals surface area contributed by atoms with Crippen molar-refractivity contribution in [3.8, 4) is 0 Å². The molecule has 0 spiro atoms. The number of hydrogen-bond acceptors (Lipinski definition) is 4. The Bertz CT molecular complexity index is 825. The number of imidazole rings is 1. The SMILES string of the molecule is O=C(c1cnc[nH]1)N1CCOCC(Cc2ccc3ccoc3c2)C1. The zero-order chi connectivity index (χ0) is 16.4. The van der Waals surface area contributed by atoms with Crippen LogP contribution in [0.4, 0.5) is 0 Å². The van der Waals surface area contributed by atoms with Crippen LogP contribution in [-0.2, 0) is 11.2 Å². The number of amides is 1. The predicted octanol–water partition coefficient (Wildman–Crippen LogP) is 2.49. The number of rotatable bonds is 3. The Labute approximate surface area is 139 Å². The lowest BCUT2D eigenvalue weighted by Gasteiger charge is -2.23. The van der Waals surface area contributed by atoms with E-state index in [4.69, 9.17) is 9.15 Å². The van der Waals surface area contributed by atoms with E-state index < -0.39 is 0 Å². The first kappa shape index (κ1) is 15.0. The molecule has 2 aromatic heterocycles. The van der Waals surface area contributed by atoms with Crippen molar-refractivity contribution in [3.05, 3.63) is 54.3 Å². The van der Waals surface area contributed by atoms with Gasteiger partial charge in [-0.25, -0.2) is 4.98 Å². The molecule has 1 fully saturated rings. The minimum Gasteiger partial charge on any atom is -0.464 e. The number of carbonyl (C=O) groups excluding carboxylic acids is 1. The molecule has 124 valence electrons. The zero-order valence-corrected chi connectivity index (χ0v) is 13.3. The highest BCUT2D eigenvalue weighted by Gasteiger charge is 2.24. The molecule has 1 amide bonds. The van der Waals surface area contributed by atoms with Gasteiger partial charge in [-0.2, -0.15) is 0 Å². The van der Waals surface area contributed by atoms with Crippen molar-refractivity contribution in [2.24, 2.45) is 5.92 Å². The van der Waals surface area contributed by atoms with Crippen LogP contribution in [0.5, 0.6) is 0 Å². The van der Waals surface area contributed by atoms with Gasteiger partial charge in [0, 0.05) is 24.4 Å². The maximum Gasteiger partial charge on any atom is 0.272 e. The van der Waals surface area contributed by atoms with Crippen LogP contribution >= 0.6 is 0 Å². The third-order valence-electron chi connectivity index (χ3n) is 4.40. The lowest BCUT2D eigenvalue weighted by atomic mass is 9.99. The molecule has 4 rings (SSSR count). The summed E-state index contributed by atoms with van der Waals surface area (Å²) in [5.74, 6) is 0.233. The van der Waals surface area contributed by atoms with Crippen LogP contribution < -0.4 is 0 Å². The van der Waals surface area contributed by atoms with E-state index >= 15 is 0 Å². The van der Waals surface area contributed by atoms with Crippen molar-refractivity contribution < 1.29 is 13.9 Å². The second kappa shape index (κ2) is 6.49. The summed E-state index contributed by atoms with van der Waals surface area (Å²) in [6, 6.07) is 8.21. The summed E-state index contributed by atoms with van der Waals surface area (Å²) >= 11 is 0. The molecule has 1 aromatic carbocycles. The fraction of sp³-hybridized carbons (Fsp3) is 0.333. The first-order chi connectivity index (χ1) is 11.8. The Balaban J connectivity index is 1.48. The maximum absolute atomic E-state index is 12.5. The number of carbonyl (C=O) groups is 1. The number of ether oxygens (including phenoxy) is 1. The topological polar surface area (TPSA) is 71.4 Å². The molecule has 3 heterocycles. The highest BCUT2D eigenvalue weighted by molar-refractivity contribution is 5.92. The average molecular weight is 325 g/mol. The monoisotopic (exact) mass is 325 g/mol. The van der Waals surface area contributed by atoms with E-state index in [0.717, 1.165) is 17.4 Å². The number of fused-ring (bicyclic) bond motifs is 1. The molecule has 0 radical (unpaired) electrons. The van der Waals surface area contributed by atoms with Crippen LogP contribution in [0.25, 0.3) is 11.0 Å². The van der Waals surface area contributed by atoms with E-state index in [0.29, 0.717) is 32.0 Å². The van der Waals surface area contributed by atoms with Crippen molar-refractivity contribution in [3.63, 3.8) is 0 Å². The van der Waals surface area contributed by atoms with Gasteiger partial charge in [0.15, 0.2) is 0 Å². The lowest BCUT2D eigenvalue weighted by Crippen LogP contribution is -2.36. The third kappa shape index (κ3) is 3.05. The van der Waals surface area contributed by atoms with Crippen LogP contribution in [0.2, 0.25) is 0 Å². The average Bonchev–Trinajstić information content (AvgIpc) is 3.23. The Hall–Kier alpha value is -2.60. The van der Waals surface area contributed by atoms with Crippen molar-refractivity contribution in [2.45, 2.75) is 6.42 Å². The molecule has 0 saturated carbocycles. The molecule has 1 saturated heterocycles. The summed E-state index contributed by atoms with van der Waals surface area (Å²) in [4.78, 5) is 21.2. The molecule has 0 aliphatic carbocycles. The molecule has 0 bridgehead atoms. The van der Waals surface area contributed by atoms with Crippen LogP contribution in [0.15, 0.2) is 47.5 Å². The summed E-state index contributed by atoms with van der Waals surface area (Å²) in [6.45, 7) is 2.50. The van der Waals surface area contributed by atoms with E-state index in [1.807, 2.05) is 11.0 Å². The van der Waals surface area contributed by atoms with Gasteiger partial charge < -0.3 is 19.0 Å². The molecular weight excluding hydrogens is 306 g/mol. The van der Waals surface area contributed by atoms with Gasteiger partial charge in [-0.05, 0) is 24.1 Å². The van der Waals surface area contributed by atoms with Gasteiger partial charge >= 0.3 is 0 Å². The van der Waals surface area contributed by atoms with Crippen molar-refractivity contribution in [1.29, 1.82) is 0 Å². The Morgan fingerprint density at radius 3 is 3.21 bits per heavy atom. The van der Waals surface area contributed by atoms with E-state index in [2.05, 4.69) is 28.2 Å². The molecule has 1 atom stereocenters. The first-order valence-electron chi connectivity index (χ1n) is 8.11. The third-order valence-corrected chi connectivity index (χ3v) is 4.40. The number of aromatic nitrogens is 2. The highest BCUT2D eigenvalue weighted by Crippen LogP contribution is 2.21. The quantitative estimate of drug-likeness (QED) is 0.803. The number of nitrogens with zero attached hydrogens (tertiary/aromatic N) is 2. The van der Waals surface area contributed by atoms with Crippen molar-refractivity contribution in [2.75, 3.05) is 26.3 Å². The number of furan rings is 1. The largest absolute Gasteiger partial charge is 0.464 e. The first-order valence-corrected chi connectivity index (χ1v) is 8.11. The summed E-state index contributed by atoms with van der Waals surface area (Å²) < 4.78 is 11.2. The highest BCUT2D eigenvalue weighted by atomic mass is 16.5. The van der Waals surface area contributed by atoms with Crippen LogP contribution in [-0.4, -0.2) is 47.1 Å². The van der Waals surface area contributed by atoms with E-state index in [9.17, 15) is 4.79 Å². The number of H-pyrrole nitrogens is 1. The van der Waals surface area contributed by atoms with Gasteiger partial charge in [0.05, 0.1) is 32.0 Å². The summed E-state index contributed by atoms with van der Waals surface area (Å²) in [5, 5.41) is 1.10. The van der Waals surface area contributed by atoms with Crippen molar-refractivity contribution in [1.82, 2.24) is 14.9 Å². The normalized spacial score (nSPS) is 18.7. The molecule has 1 N–H and O–H groups in total. The summed E-state index contributed by atoms with van der Waals surface area (Å²) in [6.07, 6.45) is 5.64. The van der Waals surface area contributed by atoms with E-state index in [1.54, 1.807) is 12.5 Å². The smallest absolute Gasteiger partial charge is 0.272 e. The Kier molecular flexibility index (Phi) is 4.04. The van der Waals surface area contributed by atoms with Crippen LogP contribution in [0.1, 0.15) is 16.1 Å². The second-order valence-corrected chi connectivity index (χ2v) is 6.15. The van der Waals surface area contributed by atoms with Gasteiger partial charge in [-0.1, -0.05) is 12.1 Å². The lowest BCUT2D eigenvalue weighted by molar-refractivity contribution is 0.0732. The summed E-state index contributed by atoms with van der Waals surface area (Å²) in [5.41, 5.74) is 2.61. The van der Waals surface area contributed by atoms with E-state index in [-0.39, 0.29) is 11.8 Å². The fourth-order valence-corrected chi connectivity index (χ4v) is 3.19. The molecule has 6 nitrogen and oxygen atoms in total. The number of nitrogens with one attached hydrogen (secondary N) is 1. The van der Waals surface area contributed by atoms with Gasteiger partial charge in [0.25, 0.3) is 5.91 Å². The molecule has 24 heavy (non-hydrogen) atoms. The zero-order valence-electron chi connectivity index (χ0n) is 13.3. The summed E-state index contributed by atoms with van der Waals surface area (Å²) in [7, 11) is 0. The minimum absolute atomic E-state index is 0.0236. The number of aromatic amines is 1. The van der Waals surface area contributed by atoms with E-state index in [1.165, 1.54) is 11.9 Å². The molecule has 3 aromatic rings. The van der Waals surface area contributed by atoms with Crippen LogP contribution in [0, 0.1) is 5.92 Å². The number of hydrogen-bond donors (Lipinski definition) is 1. The standard InChI is InChI=1S/C18H19N3O3/c22-18(16-9-19-12-20-16)21-4-6-23-11-14(10-21)7-13-1-2-15-3-5-24-17(15)8-13/h1-3,5,8-9,12,14H,4,6-7,10-11H2,(H,19,20). The minimum atomic E-state index is -0.0236. The molecule has 1 aliphatic heterocycles. The van der Waals surface area contributed by atoms with Gasteiger partial charge in [-0.3, -0.25) is 4.79 Å². The van der Waals surface area contributed by atoms with Crippen LogP contribution in [0.3, 0.4) is 0 Å². The molecular formula is C18H19N3O3. The van der Waals surface area contributed by atoms with Crippen molar-refractivity contribution >= 4 is 16.9 Å².